The number of nitrogens with zero attached hydrogens (tertiary/aromatic N) is 3. The summed E-state index contributed by atoms with van der Waals surface area (Å²) in [6.45, 7) is 1.79. The third-order valence-electron chi connectivity index (χ3n) is 5.93. The van der Waals surface area contributed by atoms with E-state index in [-0.39, 0.29) is 39.9 Å². The van der Waals surface area contributed by atoms with Gasteiger partial charge in [0.05, 0.1) is 26.6 Å². The lowest BCUT2D eigenvalue weighted by molar-refractivity contribution is -0.143. The Hall–Kier alpha value is -3.65. The molecule has 4 aromatic rings. The molecule has 0 N–H and O–H groups in total. The smallest absolute Gasteiger partial charge is 0.326 e. The van der Waals surface area contributed by atoms with E-state index in [2.05, 4.69) is 4.99 Å². The summed E-state index contributed by atoms with van der Waals surface area (Å²) in [7, 11) is -5.81. The summed E-state index contributed by atoms with van der Waals surface area (Å²) in [5, 5.41) is 0. The highest BCUT2D eigenvalue weighted by atomic mass is 32.2. The van der Waals surface area contributed by atoms with Crippen LogP contribution >= 0.6 is 11.3 Å². The monoisotopic (exact) mass is 601 g/mol. The van der Waals surface area contributed by atoms with Crippen LogP contribution in [0.25, 0.3) is 10.2 Å². The molecule has 1 aromatic heterocycles. The van der Waals surface area contributed by atoms with Gasteiger partial charge in [0.25, 0.3) is 5.91 Å². The van der Waals surface area contributed by atoms with Gasteiger partial charge < -0.3 is 9.30 Å². The maximum absolute atomic E-state index is 13.1. The number of carbonyl (C=O) groups excluding carboxylic acids is 2. The molecule has 0 aliphatic rings. The topological polar surface area (TPSA) is 132 Å². The number of hydrogen-bond acceptors (Lipinski definition) is 8. The Morgan fingerprint density at radius 3 is 2.23 bits per heavy atom. The summed E-state index contributed by atoms with van der Waals surface area (Å²) in [6.07, 6.45) is 1.09. The molecule has 13 heteroatoms. The largest absolute Gasteiger partial charge is 0.465 e. The van der Waals surface area contributed by atoms with Gasteiger partial charge in [-0.25, -0.2) is 16.8 Å². The second-order valence-electron chi connectivity index (χ2n) is 8.87. The van der Waals surface area contributed by atoms with Crippen LogP contribution in [0.1, 0.15) is 22.8 Å². The van der Waals surface area contributed by atoms with Crippen LogP contribution in [0.15, 0.2) is 87.6 Å². The molecular formula is C27H27N3O7S3. The van der Waals surface area contributed by atoms with Gasteiger partial charge in [-0.1, -0.05) is 41.7 Å². The summed E-state index contributed by atoms with van der Waals surface area (Å²) < 4.78 is 58.4. The normalized spacial score (nSPS) is 12.7. The minimum Gasteiger partial charge on any atom is -0.465 e. The van der Waals surface area contributed by atoms with Gasteiger partial charge in [-0.3, -0.25) is 9.59 Å². The van der Waals surface area contributed by atoms with Crippen LogP contribution < -0.4 is 4.80 Å². The van der Waals surface area contributed by atoms with E-state index in [1.165, 1.54) is 52.3 Å². The molecule has 210 valence electrons. The van der Waals surface area contributed by atoms with Crippen LogP contribution in [0.3, 0.4) is 0 Å². The quantitative estimate of drug-likeness (QED) is 0.269. The lowest BCUT2D eigenvalue weighted by atomic mass is 10.2. The number of fused-ring (bicyclic) bond motifs is 1. The van der Waals surface area contributed by atoms with Gasteiger partial charge in [0, 0.05) is 25.4 Å². The Bertz CT molecular complexity index is 1840. The van der Waals surface area contributed by atoms with Crippen molar-refractivity contribution in [1.82, 2.24) is 8.87 Å². The minimum atomic E-state index is -3.81. The Morgan fingerprint density at radius 1 is 0.950 bits per heavy atom. The fourth-order valence-corrected chi connectivity index (χ4v) is 6.83. The minimum absolute atomic E-state index is 0.0232. The van der Waals surface area contributed by atoms with Crippen molar-refractivity contribution in [2.75, 3.05) is 19.9 Å². The molecule has 40 heavy (non-hydrogen) atoms. The fourth-order valence-electron chi connectivity index (χ4n) is 3.88. The van der Waals surface area contributed by atoms with E-state index < -0.39 is 31.7 Å². The molecule has 0 saturated heterocycles. The standard InChI is InChI=1S/C27H27N3O7S3/c1-4-37-25(31)18-30-23-15-14-22(39(3,33)34)16-24(23)38-27(30)28-26(32)20-10-12-21(13-11-20)40(35,36)29(2)17-19-8-6-5-7-9-19/h5-16H,4,17-18H2,1-3H3. The van der Waals surface area contributed by atoms with Crippen LogP contribution in [-0.4, -0.2) is 57.5 Å². The maximum Gasteiger partial charge on any atom is 0.326 e. The summed E-state index contributed by atoms with van der Waals surface area (Å²) in [5.74, 6) is -1.20. The third kappa shape index (κ3) is 6.55. The molecule has 1 amide bonds. The second-order valence-corrected chi connectivity index (χ2v) is 13.9. The van der Waals surface area contributed by atoms with Gasteiger partial charge in [-0.15, -0.1) is 0 Å². The van der Waals surface area contributed by atoms with E-state index in [9.17, 15) is 26.4 Å². The van der Waals surface area contributed by atoms with Crippen LogP contribution in [0, 0.1) is 0 Å². The molecule has 4 rings (SSSR count). The van der Waals surface area contributed by atoms with E-state index >= 15 is 0 Å². The first-order valence-electron chi connectivity index (χ1n) is 12.1. The number of hydrogen-bond donors (Lipinski definition) is 0. The van der Waals surface area contributed by atoms with Crippen LogP contribution in [0.5, 0.6) is 0 Å². The Kier molecular flexibility index (Phi) is 8.68. The number of sulfonamides is 1. The zero-order valence-corrected chi connectivity index (χ0v) is 24.4. The fraction of sp³-hybridized carbons (Fsp3) is 0.222. The first-order chi connectivity index (χ1) is 18.9. The number of carbonyl (C=O) groups is 2. The highest BCUT2D eigenvalue weighted by molar-refractivity contribution is 7.90. The van der Waals surface area contributed by atoms with Crippen molar-refractivity contribution in [2.45, 2.75) is 29.8 Å². The highest BCUT2D eigenvalue weighted by Crippen LogP contribution is 2.23. The number of esters is 1. The van der Waals surface area contributed by atoms with Crippen molar-refractivity contribution in [1.29, 1.82) is 0 Å². The summed E-state index contributed by atoms with van der Waals surface area (Å²) >= 11 is 1.05. The predicted molar refractivity (Wildman–Crippen MR) is 151 cm³/mol. The van der Waals surface area contributed by atoms with Crippen molar-refractivity contribution >= 4 is 53.3 Å². The maximum atomic E-state index is 13.1. The zero-order chi connectivity index (χ0) is 29.1. The number of ether oxygens (including phenoxy) is 1. The van der Waals surface area contributed by atoms with Gasteiger partial charge in [-0.05, 0) is 55.0 Å². The Balaban J connectivity index is 1.66. The molecular weight excluding hydrogens is 575 g/mol. The summed E-state index contributed by atoms with van der Waals surface area (Å²) in [4.78, 5) is 29.8. The van der Waals surface area contributed by atoms with E-state index in [1.807, 2.05) is 30.3 Å². The third-order valence-corrected chi connectivity index (χ3v) is 9.90. The van der Waals surface area contributed by atoms with Gasteiger partial charge in [0.1, 0.15) is 6.54 Å². The number of aromatic nitrogens is 1. The lowest BCUT2D eigenvalue weighted by Crippen LogP contribution is -2.26. The molecule has 0 aliphatic heterocycles. The molecule has 3 aromatic carbocycles. The molecule has 1 heterocycles. The van der Waals surface area contributed by atoms with Gasteiger partial charge in [-0.2, -0.15) is 9.30 Å². The predicted octanol–water partition coefficient (Wildman–Crippen LogP) is 3.23. The van der Waals surface area contributed by atoms with Crippen LogP contribution in [-0.2, 0) is 42.5 Å². The molecule has 0 aliphatic carbocycles. The second kappa shape index (κ2) is 11.8. The van der Waals surface area contributed by atoms with Crippen LogP contribution in [0.2, 0.25) is 0 Å². The Morgan fingerprint density at radius 2 is 1.60 bits per heavy atom. The number of amides is 1. The van der Waals surface area contributed by atoms with Crippen molar-refractivity contribution in [2.24, 2.45) is 4.99 Å². The molecule has 0 unspecified atom stereocenters. The van der Waals surface area contributed by atoms with Crippen molar-refractivity contribution in [3.8, 4) is 0 Å². The molecule has 10 nitrogen and oxygen atoms in total. The van der Waals surface area contributed by atoms with Gasteiger partial charge in [0.15, 0.2) is 14.6 Å². The first kappa shape index (κ1) is 29.3. The highest BCUT2D eigenvalue weighted by Gasteiger charge is 2.22. The molecule has 0 fully saturated rings. The van der Waals surface area contributed by atoms with E-state index in [0.717, 1.165) is 23.2 Å². The lowest BCUT2D eigenvalue weighted by Gasteiger charge is -2.17. The van der Waals surface area contributed by atoms with E-state index in [4.69, 9.17) is 4.74 Å². The number of thiazole rings is 1. The van der Waals surface area contributed by atoms with E-state index in [1.54, 1.807) is 13.0 Å². The first-order valence-corrected chi connectivity index (χ1v) is 16.2. The Labute approximate surface area is 236 Å². The number of rotatable bonds is 9. The molecule has 0 spiro atoms. The number of benzene rings is 3. The molecule has 0 bridgehead atoms. The van der Waals surface area contributed by atoms with Crippen LogP contribution in [0.4, 0.5) is 0 Å². The molecule has 0 radical (unpaired) electrons. The zero-order valence-electron chi connectivity index (χ0n) is 22.0. The number of sulfone groups is 1. The molecule has 0 saturated carbocycles. The van der Waals surface area contributed by atoms with Gasteiger partial charge in [0.2, 0.25) is 10.0 Å². The van der Waals surface area contributed by atoms with Crippen molar-refractivity contribution in [3.63, 3.8) is 0 Å². The molecule has 0 atom stereocenters. The summed E-state index contributed by atoms with van der Waals surface area (Å²) in [5.41, 5.74) is 1.49. The van der Waals surface area contributed by atoms with Gasteiger partial charge >= 0.3 is 5.97 Å². The van der Waals surface area contributed by atoms with E-state index in [0.29, 0.717) is 10.2 Å². The van der Waals surface area contributed by atoms with Crippen molar-refractivity contribution in [3.05, 3.63) is 88.7 Å². The van der Waals surface area contributed by atoms with Crippen molar-refractivity contribution < 1.29 is 31.2 Å². The summed E-state index contributed by atoms with van der Waals surface area (Å²) in [6, 6.07) is 19.1. The average molecular weight is 602 g/mol. The average Bonchev–Trinajstić information content (AvgIpc) is 3.24. The SMILES string of the molecule is CCOC(=O)Cn1c(=NC(=O)c2ccc(S(=O)(=O)N(C)Cc3ccccc3)cc2)sc2cc(S(C)(=O)=O)ccc21.